The third-order valence-electron chi connectivity index (χ3n) is 3.01. The van der Waals surface area contributed by atoms with Crippen LogP contribution in [0.3, 0.4) is 0 Å². The van der Waals surface area contributed by atoms with Crippen molar-refractivity contribution in [1.82, 2.24) is 14.8 Å². The number of hydrogen-bond acceptors (Lipinski definition) is 5. The molecule has 4 N–H and O–H groups in total. The molecule has 0 saturated carbocycles. The maximum atomic E-state index is 5.83. The summed E-state index contributed by atoms with van der Waals surface area (Å²) < 4.78 is 0. The number of hydrogen-bond donors (Lipinski definition) is 2. The predicted molar refractivity (Wildman–Crippen MR) is 67.4 cm³/mol. The minimum atomic E-state index is 0.834. The van der Waals surface area contributed by atoms with Crippen LogP contribution in [0.4, 0.5) is 0 Å². The van der Waals surface area contributed by atoms with Gasteiger partial charge in [0.1, 0.15) is 0 Å². The Labute approximate surface area is 98.6 Å². The van der Waals surface area contributed by atoms with Crippen LogP contribution in [0.5, 0.6) is 0 Å². The lowest BCUT2D eigenvalue weighted by molar-refractivity contribution is 0.144. The molecule has 0 unspecified atom stereocenters. The standard InChI is InChI=1S/C11H25N5/c1-3-11(12)10-16(13)9-8-15-6-4-14(2)5-7-15/h10H,3-9,12-13H2,1-2H3/b11-10-. The van der Waals surface area contributed by atoms with Gasteiger partial charge in [-0.05, 0) is 13.5 Å². The minimum Gasteiger partial charge on any atom is -0.401 e. The Hall–Kier alpha value is -0.780. The van der Waals surface area contributed by atoms with E-state index >= 15 is 0 Å². The molecule has 94 valence electrons. The van der Waals surface area contributed by atoms with E-state index in [4.69, 9.17) is 11.6 Å². The van der Waals surface area contributed by atoms with Crippen molar-refractivity contribution in [3.8, 4) is 0 Å². The number of hydrazine groups is 1. The first kappa shape index (κ1) is 13.3. The van der Waals surface area contributed by atoms with Crippen molar-refractivity contribution in [1.29, 1.82) is 0 Å². The Morgan fingerprint density at radius 3 is 2.50 bits per heavy atom. The molecule has 1 aliphatic heterocycles. The number of allylic oxidation sites excluding steroid dienone is 1. The zero-order chi connectivity index (χ0) is 12.0. The van der Waals surface area contributed by atoms with E-state index in [2.05, 4.69) is 16.8 Å². The second-order valence-corrected chi connectivity index (χ2v) is 4.44. The highest BCUT2D eigenvalue weighted by Crippen LogP contribution is 1.99. The molecule has 1 heterocycles. The maximum absolute atomic E-state index is 5.83. The minimum absolute atomic E-state index is 0.834. The van der Waals surface area contributed by atoms with Gasteiger partial charge in [-0.25, -0.2) is 5.84 Å². The highest BCUT2D eigenvalue weighted by molar-refractivity contribution is 4.93. The molecule has 1 aliphatic rings. The van der Waals surface area contributed by atoms with E-state index in [0.717, 1.165) is 51.4 Å². The highest BCUT2D eigenvalue weighted by Gasteiger charge is 2.13. The molecule has 1 saturated heterocycles. The normalized spacial score (nSPS) is 20.1. The first-order chi connectivity index (χ1) is 7.61. The Balaban J connectivity index is 2.19. The summed E-state index contributed by atoms with van der Waals surface area (Å²) in [4.78, 5) is 4.79. The van der Waals surface area contributed by atoms with Gasteiger partial charge in [-0.1, -0.05) is 6.92 Å². The van der Waals surface area contributed by atoms with E-state index in [-0.39, 0.29) is 0 Å². The summed E-state index contributed by atoms with van der Waals surface area (Å²) in [5.74, 6) is 5.83. The Bertz CT molecular complexity index is 220. The lowest BCUT2D eigenvalue weighted by atomic mass is 10.3. The van der Waals surface area contributed by atoms with Crippen LogP contribution in [0.25, 0.3) is 0 Å². The Morgan fingerprint density at radius 2 is 1.94 bits per heavy atom. The summed E-state index contributed by atoms with van der Waals surface area (Å²) in [6, 6.07) is 0. The first-order valence-electron chi connectivity index (χ1n) is 6.00. The SMILES string of the molecule is CC/C(N)=C/N(N)CCN1CCN(C)CC1. The number of nitrogens with two attached hydrogens (primary N) is 2. The number of piperazine rings is 1. The summed E-state index contributed by atoms with van der Waals surface area (Å²) in [6.07, 6.45) is 2.68. The van der Waals surface area contributed by atoms with Gasteiger partial charge in [0.25, 0.3) is 0 Å². The second-order valence-electron chi connectivity index (χ2n) is 4.44. The van der Waals surface area contributed by atoms with Crippen molar-refractivity contribution < 1.29 is 0 Å². The van der Waals surface area contributed by atoms with Gasteiger partial charge in [-0.15, -0.1) is 0 Å². The first-order valence-corrected chi connectivity index (χ1v) is 6.00. The van der Waals surface area contributed by atoms with E-state index in [1.807, 2.05) is 13.1 Å². The van der Waals surface area contributed by atoms with Gasteiger partial charge >= 0.3 is 0 Å². The third kappa shape index (κ3) is 4.83. The lowest BCUT2D eigenvalue weighted by Crippen LogP contribution is -2.47. The Morgan fingerprint density at radius 1 is 1.31 bits per heavy atom. The van der Waals surface area contributed by atoms with Gasteiger partial charge < -0.3 is 15.6 Å². The van der Waals surface area contributed by atoms with Crippen LogP contribution in [0.1, 0.15) is 13.3 Å². The van der Waals surface area contributed by atoms with Gasteiger partial charge in [0.15, 0.2) is 0 Å². The van der Waals surface area contributed by atoms with Gasteiger partial charge in [0, 0.05) is 51.2 Å². The number of rotatable bonds is 5. The molecule has 1 rings (SSSR count). The molecule has 0 spiro atoms. The van der Waals surface area contributed by atoms with Crippen LogP contribution in [0.2, 0.25) is 0 Å². The summed E-state index contributed by atoms with van der Waals surface area (Å²) in [5.41, 5.74) is 6.55. The predicted octanol–water partition coefficient (Wildman–Crippen LogP) is -0.380. The molecular weight excluding hydrogens is 202 g/mol. The maximum Gasteiger partial charge on any atom is 0.0463 e. The molecular formula is C11H25N5. The van der Waals surface area contributed by atoms with Crippen LogP contribution >= 0.6 is 0 Å². The highest BCUT2D eigenvalue weighted by atomic mass is 15.4. The molecule has 0 atom stereocenters. The Kier molecular flexibility index (Phi) is 5.59. The smallest absolute Gasteiger partial charge is 0.0463 e. The summed E-state index contributed by atoms with van der Waals surface area (Å²) in [5, 5.41) is 1.69. The number of nitrogens with zero attached hydrogens (tertiary/aromatic N) is 3. The quantitative estimate of drug-likeness (QED) is 0.495. The van der Waals surface area contributed by atoms with Gasteiger partial charge in [0.05, 0.1) is 0 Å². The van der Waals surface area contributed by atoms with Crippen LogP contribution in [0.15, 0.2) is 11.9 Å². The molecule has 5 nitrogen and oxygen atoms in total. The molecule has 16 heavy (non-hydrogen) atoms. The number of likely N-dealkylation sites (N-methyl/N-ethyl adjacent to an activating group) is 1. The largest absolute Gasteiger partial charge is 0.401 e. The van der Waals surface area contributed by atoms with Crippen molar-refractivity contribution >= 4 is 0 Å². The molecule has 1 fully saturated rings. The van der Waals surface area contributed by atoms with Gasteiger partial charge in [-0.2, -0.15) is 0 Å². The monoisotopic (exact) mass is 227 g/mol. The molecule has 0 aromatic rings. The van der Waals surface area contributed by atoms with E-state index in [1.165, 1.54) is 0 Å². The molecule has 0 amide bonds. The summed E-state index contributed by atoms with van der Waals surface area (Å²) >= 11 is 0. The zero-order valence-corrected chi connectivity index (χ0v) is 10.5. The van der Waals surface area contributed by atoms with Crippen molar-refractivity contribution in [3.63, 3.8) is 0 Å². The average molecular weight is 227 g/mol. The van der Waals surface area contributed by atoms with Gasteiger partial charge in [-0.3, -0.25) is 4.90 Å². The molecule has 0 aromatic carbocycles. The zero-order valence-electron chi connectivity index (χ0n) is 10.5. The van der Waals surface area contributed by atoms with E-state index in [1.54, 1.807) is 5.01 Å². The lowest BCUT2D eigenvalue weighted by Gasteiger charge is -2.33. The fraction of sp³-hybridized carbons (Fsp3) is 0.818. The van der Waals surface area contributed by atoms with Crippen molar-refractivity contribution in [2.24, 2.45) is 11.6 Å². The average Bonchev–Trinajstić information content (AvgIpc) is 2.28. The topological polar surface area (TPSA) is 61.8 Å². The second kappa shape index (κ2) is 6.73. The molecule has 0 aromatic heterocycles. The molecule has 0 aliphatic carbocycles. The summed E-state index contributed by atoms with van der Waals surface area (Å²) in [7, 11) is 2.16. The van der Waals surface area contributed by atoms with Crippen molar-refractivity contribution in [2.75, 3.05) is 46.3 Å². The molecule has 5 heteroatoms. The van der Waals surface area contributed by atoms with Crippen LogP contribution in [-0.4, -0.2) is 61.1 Å². The summed E-state index contributed by atoms with van der Waals surface area (Å²) in [6.45, 7) is 8.45. The molecule has 0 radical (unpaired) electrons. The van der Waals surface area contributed by atoms with Crippen LogP contribution < -0.4 is 11.6 Å². The fourth-order valence-corrected chi connectivity index (χ4v) is 1.70. The molecule has 0 bridgehead atoms. The van der Waals surface area contributed by atoms with E-state index in [0.29, 0.717) is 0 Å². The van der Waals surface area contributed by atoms with Crippen LogP contribution in [0, 0.1) is 0 Å². The van der Waals surface area contributed by atoms with E-state index in [9.17, 15) is 0 Å². The van der Waals surface area contributed by atoms with E-state index < -0.39 is 0 Å². The van der Waals surface area contributed by atoms with Crippen molar-refractivity contribution in [2.45, 2.75) is 13.3 Å². The third-order valence-corrected chi connectivity index (χ3v) is 3.01. The van der Waals surface area contributed by atoms with Crippen LogP contribution in [-0.2, 0) is 0 Å². The van der Waals surface area contributed by atoms with Gasteiger partial charge in [0.2, 0.25) is 0 Å². The van der Waals surface area contributed by atoms with Crippen molar-refractivity contribution in [3.05, 3.63) is 11.9 Å². The fourth-order valence-electron chi connectivity index (χ4n) is 1.70.